The predicted molar refractivity (Wildman–Crippen MR) is 81.5 cm³/mol. The lowest BCUT2D eigenvalue weighted by Gasteiger charge is -2.31. The molecule has 0 radical (unpaired) electrons. The van der Waals surface area contributed by atoms with Crippen LogP contribution in [-0.4, -0.2) is 30.0 Å². The highest BCUT2D eigenvalue weighted by Gasteiger charge is 2.25. The zero-order chi connectivity index (χ0) is 15.9. The molecule has 0 aliphatic heterocycles. The SMILES string of the molecule is NCC1CCCCC1NC(=O)COc1ccccc1[N+](=O)[O-]. The Labute approximate surface area is 129 Å². The number of hydrogen-bond donors (Lipinski definition) is 2. The zero-order valence-corrected chi connectivity index (χ0v) is 12.4. The van der Waals surface area contributed by atoms with Gasteiger partial charge in [0.05, 0.1) is 4.92 Å². The molecule has 7 heteroatoms. The molecule has 0 spiro atoms. The lowest BCUT2D eigenvalue weighted by Crippen LogP contribution is -2.46. The van der Waals surface area contributed by atoms with Gasteiger partial charge in [-0.3, -0.25) is 14.9 Å². The third-order valence-electron chi connectivity index (χ3n) is 3.98. The minimum atomic E-state index is -0.529. The van der Waals surface area contributed by atoms with E-state index < -0.39 is 4.92 Å². The molecule has 1 aliphatic carbocycles. The van der Waals surface area contributed by atoms with Crippen LogP contribution in [0.2, 0.25) is 0 Å². The summed E-state index contributed by atoms with van der Waals surface area (Å²) in [6.45, 7) is 0.314. The number of nitrogens with one attached hydrogen (secondary N) is 1. The number of nitrogens with two attached hydrogens (primary N) is 1. The Bertz CT molecular complexity index is 535. The van der Waals surface area contributed by atoms with Crippen LogP contribution in [0.3, 0.4) is 0 Å². The van der Waals surface area contributed by atoms with Crippen LogP contribution < -0.4 is 15.8 Å². The molecule has 1 fully saturated rings. The van der Waals surface area contributed by atoms with Crippen LogP contribution in [0.25, 0.3) is 0 Å². The van der Waals surface area contributed by atoms with E-state index in [-0.39, 0.29) is 30.0 Å². The van der Waals surface area contributed by atoms with Gasteiger partial charge < -0.3 is 15.8 Å². The summed E-state index contributed by atoms with van der Waals surface area (Å²) in [4.78, 5) is 22.3. The topological polar surface area (TPSA) is 107 Å². The smallest absolute Gasteiger partial charge is 0.310 e. The first-order valence-electron chi connectivity index (χ1n) is 7.47. The second kappa shape index (κ2) is 7.74. The fourth-order valence-electron chi connectivity index (χ4n) is 2.80. The van der Waals surface area contributed by atoms with E-state index in [4.69, 9.17) is 10.5 Å². The summed E-state index contributed by atoms with van der Waals surface area (Å²) in [5.41, 5.74) is 5.58. The molecule has 0 bridgehead atoms. The molecule has 2 rings (SSSR count). The highest BCUT2D eigenvalue weighted by Crippen LogP contribution is 2.26. The molecule has 1 saturated carbocycles. The van der Waals surface area contributed by atoms with Crippen molar-refractivity contribution in [2.75, 3.05) is 13.2 Å². The standard InChI is InChI=1S/C15H21N3O4/c16-9-11-5-1-2-6-12(11)17-15(19)10-22-14-8-4-3-7-13(14)18(20)21/h3-4,7-8,11-12H,1-2,5-6,9-10,16H2,(H,17,19). The van der Waals surface area contributed by atoms with Crippen LogP contribution in [0.1, 0.15) is 25.7 Å². The minimum Gasteiger partial charge on any atom is -0.477 e. The van der Waals surface area contributed by atoms with Gasteiger partial charge in [0, 0.05) is 12.1 Å². The van der Waals surface area contributed by atoms with Crippen molar-refractivity contribution in [1.29, 1.82) is 0 Å². The quantitative estimate of drug-likeness (QED) is 0.613. The van der Waals surface area contributed by atoms with Gasteiger partial charge in [-0.25, -0.2) is 0 Å². The molecule has 2 unspecified atom stereocenters. The Morgan fingerprint density at radius 2 is 2.09 bits per heavy atom. The monoisotopic (exact) mass is 307 g/mol. The number of carbonyl (C=O) groups excluding carboxylic acids is 1. The van der Waals surface area contributed by atoms with Crippen molar-refractivity contribution >= 4 is 11.6 Å². The number of nitro benzene ring substituents is 1. The Morgan fingerprint density at radius 1 is 1.36 bits per heavy atom. The number of nitrogens with zero attached hydrogens (tertiary/aromatic N) is 1. The molecule has 0 saturated heterocycles. The predicted octanol–water partition coefficient (Wildman–Crippen LogP) is 1.61. The van der Waals surface area contributed by atoms with Crippen LogP contribution in [-0.2, 0) is 4.79 Å². The summed E-state index contributed by atoms with van der Waals surface area (Å²) < 4.78 is 5.29. The van der Waals surface area contributed by atoms with E-state index in [2.05, 4.69) is 5.32 Å². The molecule has 0 aromatic heterocycles. The van der Waals surface area contributed by atoms with E-state index in [0.29, 0.717) is 12.5 Å². The van der Waals surface area contributed by atoms with Gasteiger partial charge >= 0.3 is 5.69 Å². The molecule has 1 amide bonds. The molecule has 22 heavy (non-hydrogen) atoms. The molecule has 120 valence electrons. The molecule has 1 aliphatic rings. The van der Waals surface area contributed by atoms with E-state index in [1.807, 2.05) is 0 Å². The maximum Gasteiger partial charge on any atom is 0.310 e. The number of nitro groups is 1. The van der Waals surface area contributed by atoms with Crippen LogP contribution in [0.15, 0.2) is 24.3 Å². The number of hydrogen-bond acceptors (Lipinski definition) is 5. The number of rotatable bonds is 6. The van der Waals surface area contributed by atoms with Crippen molar-refractivity contribution < 1.29 is 14.5 Å². The van der Waals surface area contributed by atoms with Crippen LogP contribution in [0.5, 0.6) is 5.75 Å². The van der Waals surface area contributed by atoms with Gasteiger partial charge in [0.2, 0.25) is 0 Å². The number of para-hydroxylation sites is 2. The lowest BCUT2D eigenvalue weighted by atomic mass is 9.84. The van der Waals surface area contributed by atoms with Gasteiger partial charge in [-0.1, -0.05) is 25.0 Å². The molecule has 2 atom stereocenters. The maximum absolute atomic E-state index is 12.0. The average Bonchev–Trinajstić information content (AvgIpc) is 2.53. The van der Waals surface area contributed by atoms with Gasteiger partial charge in [0.15, 0.2) is 12.4 Å². The Kier molecular flexibility index (Phi) is 5.71. The van der Waals surface area contributed by atoms with Crippen molar-refractivity contribution in [2.24, 2.45) is 11.7 Å². The molecule has 7 nitrogen and oxygen atoms in total. The van der Waals surface area contributed by atoms with Gasteiger partial charge in [-0.05, 0) is 31.4 Å². The van der Waals surface area contributed by atoms with Crippen LogP contribution in [0, 0.1) is 16.0 Å². The Hall–Kier alpha value is -2.15. The number of carbonyl (C=O) groups is 1. The summed E-state index contributed by atoms with van der Waals surface area (Å²) in [5.74, 6) is 0.119. The summed E-state index contributed by atoms with van der Waals surface area (Å²) in [6, 6.07) is 6.08. The van der Waals surface area contributed by atoms with Crippen molar-refractivity contribution in [1.82, 2.24) is 5.32 Å². The van der Waals surface area contributed by atoms with E-state index in [9.17, 15) is 14.9 Å². The van der Waals surface area contributed by atoms with E-state index in [1.165, 1.54) is 12.1 Å². The molecule has 1 aromatic carbocycles. The average molecular weight is 307 g/mol. The zero-order valence-electron chi connectivity index (χ0n) is 12.4. The van der Waals surface area contributed by atoms with Gasteiger partial charge in [0.1, 0.15) is 0 Å². The highest BCUT2D eigenvalue weighted by molar-refractivity contribution is 5.78. The third-order valence-corrected chi connectivity index (χ3v) is 3.98. The lowest BCUT2D eigenvalue weighted by molar-refractivity contribution is -0.385. The number of ether oxygens (including phenoxy) is 1. The summed E-state index contributed by atoms with van der Waals surface area (Å²) in [6.07, 6.45) is 4.15. The Balaban J connectivity index is 1.89. The molecule has 1 aromatic rings. The first kappa shape index (κ1) is 16.2. The Morgan fingerprint density at radius 3 is 2.82 bits per heavy atom. The van der Waals surface area contributed by atoms with E-state index >= 15 is 0 Å². The minimum absolute atomic E-state index is 0.0700. The summed E-state index contributed by atoms with van der Waals surface area (Å²) in [5, 5.41) is 13.8. The maximum atomic E-state index is 12.0. The van der Waals surface area contributed by atoms with Crippen molar-refractivity contribution in [3.05, 3.63) is 34.4 Å². The third kappa shape index (κ3) is 4.17. The molecule has 0 heterocycles. The highest BCUT2D eigenvalue weighted by atomic mass is 16.6. The van der Waals surface area contributed by atoms with Crippen LogP contribution >= 0.6 is 0 Å². The van der Waals surface area contributed by atoms with Crippen molar-refractivity contribution in [3.63, 3.8) is 0 Å². The first-order valence-corrected chi connectivity index (χ1v) is 7.47. The van der Waals surface area contributed by atoms with Crippen molar-refractivity contribution in [2.45, 2.75) is 31.7 Å². The van der Waals surface area contributed by atoms with Crippen molar-refractivity contribution in [3.8, 4) is 5.75 Å². The second-order valence-electron chi connectivity index (χ2n) is 5.47. The summed E-state index contributed by atoms with van der Waals surface area (Å²) in [7, 11) is 0. The van der Waals surface area contributed by atoms with Gasteiger partial charge in [0.25, 0.3) is 5.91 Å². The molecular weight excluding hydrogens is 286 g/mol. The van der Waals surface area contributed by atoms with Crippen LogP contribution in [0.4, 0.5) is 5.69 Å². The van der Waals surface area contributed by atoms with Gasteiger partial charge in [-0.2, -0.15) is 0 Å². The fourth-order valence-corrected chi connectivity index (χ4v) is 2.80. The molecular formula is C15H21N3O4. The molecule has 3 N–H and O–H groups in total. The summed E-state index contributed by atoms with van der Waals surface area (Å²) >= 11 is 0. The number of benzene rings is 1. The van der Waals surface area contributed by atoms with E-state index in [0.717, 1.165) is 25.7 Å². The normalized spacial score (nSPS) is 21.1. The van der Waals surface area contributed by atoms with E-state index in [1.54, 1.807) is 12.1 Å². The second-order valence-corrected chi connectivity index (χ2v) is 5.47. The largest absolute Gasteiger partial charge is 0.477 e. The number of amides is 1. The first-order chi connectivity index (χ1) is 10.6. The fraction of sp³-hybridized carbons (Fsp3) is 0.533. The van der Waals surface area contributed by atoms with Gasteiger partial charge in [-0.15, -0.1) is 0 Å².